The average Bonchev–Trinajstić information content (AvgIpc) is 3.04. The first kappa shape index (κ1) is 17.3. The van der Waals surface area contributed by atoms with Gasteiger partial charge in [-0.1, -0.05) is 42.5 Å². The quantitative estimate of drug-likeness (QED) is 0.722. The number of para-hydroxylation sites is 1. The molecule has 2 aromatic carbocycles. The van der Waals surface area contributed by atoms with E-state index in [9.17, 15) is 9.59 Å². The molecule has 0 saturated heterocycles. The van der Waals surface area contributed by atoms with Gasteiger partial charge in [-0.2, -0.15) is 0 Å². The number of nitrogens with zero attached hydrogens (tertiary/aromatic N) is 1. The predicted octanol–water partition coefficient (Wildman–Crippen LogP) is 3.53. The molecule has 1 aromatic heterocycles. The Morgan fingerprint density at radius 1 is 1.15 bits per heavy atom. The van der Waals surface area contributed by atoms with E-state index in [0.717, 1.165) is 35.7 Å². The summed E-state index contributed by atoms with van der Waals surface area (Å²) < 4.78 is 7.16. The third kappa shape index (κ3) is 3.45. The molecular weight excluding hydrogens is 340 g/mol. The van der Waals surface area contributed by atoms with E-state index in [1.165, 1.54) is 5.56 Å². The molecule has 1 amide bonds. The van der Waals surface area contributed by atoms with Crippen LogP contribution in [-0.2, 0) is 23.0 Å². The maximum absolute atomic E-state index is 12.5. The number of fused-ring (bicyclic) bond motifs is 2. The number of benzene rings is 2. The third-order valence-electron chi connectivity index (χ3n) is 5.16. The molecule has 0 radical (unpaired) electrons. The highest BCUT2D eigenvalue weighted by Crippen LogP contribution is 2.29. The van der Waals surface area contributed by atoms with Gasteiger partial charge in [0.1, 0.15) is 0 Å². The van der Waals surface area contributed by atoms with Crippen LogP contribution in [0.5, 0.6) is 0 Å². The lowest BCUT2D eigenvalue weighted by Gasteiger charge is -2.26. The standard InChI is InChI=1S/C22H22N2O3/c1-24-13-18(17-10-4-5-12-20(17)24)22(26)27-14-21(25)23-19-11-6-8-15-7-2-3-9-16(15)19/h2-5,7,9-10,12-13,19H,6,8,11,14H2,1H3,(H,23,25)/t19-/m0/s1. The van der Waals surface area contributed by atoms with Crippen molar-refractivity contribution in [1.82, 2.24) is 9.88 Å². The minimum atomic E-state index is -0.481. The van der Waals surface area contributed by atoms with Crippen LogP contribution in [0.3, 0.4) is 0 Å². The van der Waals surface area contributed by atoms with Crippen molar-refractivity contribution in [2.24, 2.45) is 7.05 Å². The summed E-state index contributed by atoms with van der Waals surface area (Å²) >= 11 is 0. The van der Waals surface area contributed by atoms with Gasteiger partial charge in [0.25, 0.3) is 5.91 Å². The van der Waals surface area contributed by atoms with E-state index < -0.39 is 5.97 Å². The van der Waals surface area contributed by atoms with Crippen LogP contribution in [0, 0.1) is 0 Å². The van der Waals surface area contributed by atoms with Crippen LogP contribution in [0.25, 0.3) is 10.9 Å². The van der Waals surface area contributed by atoms with Crippen molar-refractivity contribution in [1.29, 1.82) is 0 Å². The Balaban J connectivity index is 1.40. The summed E-state index contributed by atoms with van der Waals surface area (Å²) in [5.41, 5.74) is 3.87. The molecule has 4 rings (SSSR count). The summed E-state index contributed by atoms with van der Waals surface area (Å²) in [6, 6.07) is 15.8. The molecule has 1 atom stereocenters. The highest BCUT2D eigenvalue weighted by Gasteiger charge is 2.22. The monoisotopic (exact) mass is 362 g/mol. The molecule has 1 aliphatic rings. The van der Waals surface area contributed by atoms with Crippen molar-refractivity contribution in [3.05, 3.63) is 71.4 Å². The molecule has 0 unspecified atom stereocenters. The molecular formula is C22H22N2O3. The maximum Gasteiger partial charge on any atom is 0.340 e. The van der Waals surface area contributed by atoms with Crippen molar-refractivity contribution in [3.63, 3.8) is 0 Å². The van der Waals surface area contributed by atoms with Crippen LogP contribution in [0.15, 0.2) is 54.7 Å². The van der Waals surface area contributed by atoms with Gasteiger partial charge < -0.3 is 14.6 Å². The topological polar surface area (TPSA) is 60.3 Å². The number of aryl methyl sites for hydroxylation is 2. The van der Waals surface area contributed by atoms with E-state index in [-0.39, 0.29) is 18.6 Å². The van der Waals surface area contributed by atoms with Crippen molar-refractivity contribution in [2.75, 3.05) is 6.61 Å². The second kappa shape index (κ2) is 7.27. The first-order chi connectivity index (χ1) is 13.1. The van der Waals surface area contributed by atoms with Crippen LogP contribution < -0.4 is 5.32 Å². The molecule has 0 bridgehead atoms. The molecule has 0 fully saturated rings. The largest absolute Gasteiger partial charge is 0.452 e. The minimum absolute atomic E-state index is 0.0151. The Morgan fingerprint density at radius 3 is 2.81 bits per heavy atom. The van der Waals surface area contributed by atoms with E-state index in [1.54, 1.807) is 6.20 Å². The molecule has 1 heterocycles. The Morgan fingerprint density at radius 2 is 1.93 bits per heavy atom. The Labute approximate surface area is 157 Å². The normalized spacial score (nSPS) is 16.0. The number of nitrogens with one attached hydrogen (secondary N) is 1. The summed E-state index contributed by atoms with van der Waals surface area (Å²) in [4.78, 5) is 24.8. The highest BCUT2D eigenvalue weighted by atomic mass is 16.5. The van der Waals surface area contributed by atoms with Gasteiger partial charge in [-0.25, -0.2) is 4.79 Å². The maximum atomic E-state index is 12.5. The number of hydrogen-bond donors (Lipinski definition) is 1. The fourth-order valence-corrected chi connectivity index (χ4v) is 3.85. The molecule has 5 nitrogen and oxygen atoms in total. The van der Waals surface area contributed by atoms with Gasteiger partial charge in [0.15, 0.2) is 6.61 Å². The summed E-state index contributed by atoms with van der Waals surface area (Å²) in [7, 11) is 1.88. The minimum Gasteiger partial charge on any atom is -0.452 e. The van der Waals surface area contributed by atoms with Gasteiger partial charge in [0.05, 0.1) is 11.6 Å². The first-order valence-corrected chi connectivity index (χ1v) is 9.22. The number of esters is 1. The number of hydrogen-bond acceptors (Lipinski definition) is 3. The summed E-state index contributed by atoms with van der Waals surface area (Å²) in [5, 5.41) is 3.83. The van der Waals surface area contributed by atoms with Gasteiger partial charge in [-0.3, -0.25) is 4.79 Å². The number of carbonyl (C=O) groups excluding carboxylic acids is 2. The second-order valence-electron chi connectivity index (χ2n) is 6.96. The van der Waals surface area contributed by atoms with Gasteiger partial charge in [0.2, 0.25) is 0 Å². The molecule has 3 aromatic rings. The van der Waals surface area contributed by atoms with E-state index in [2.05, 4.69) is 17.4 Å². The zero-order valence-corrected chi connectivity index (χ0v) is 15.3. The number of rotatable bonds is 4. The number of carbonyl (C=O) groups is 2. The molecule has 5 heteroatoms. The van der Waals surface area contributed by atoms with Crippen molar-refractivity contribution < 1.29 is 14.3 Å². The van der Waals surface area contributed by atoms with Crippen LogP contribution in [0.1, 0.15) is 40.4 Å². The number of aromatic nitrogens is 1. The lowest BCUT2D eigenvalue weighted by atomic mass is 9.88. The van der Waals surface area contributed by atoms with E-state index in [4.69, 9.17) is 4.74 Å². The number of ether oxygens (including phenoxy) is 1. The van der Waals surface area contributed by atoms with E-state index in [1.807, 2.05) is 48.0 Å². The molecule has 138 valence electrons. The summed E-state index contributed by atoms with van der Waals surface area (Å²) in [6.45, 7) is -0.277. The number of amides is 1. The van der Waals surface area contributed by atoms with Gasteiger partial charge in [0, 0.05) is 24.1 Å². The Bertz CT molecular complexity index is 1010. The van der Waals surface area contributed by atoms with Crippen LogP contribution in [0.4, 0.5) is 0 Å². The molecule has 0 aliphatic heterocycles. The highest BCUT2D eigenvalue weighted by molar-refractivity contribution is 6.04. The molecule has 1 aliphatic carbocycles. The van der Waals surface area contributed by atoms with E-state index in [0.29, 0.717) is 5.56 Å². The fraction of sp³-hybridized carbons (Fsp3) is 0.273. The summed E-state index contributed by atoms with van der Waals surface area (Å²) in [5.74, 6) is -0.753. The smallest absolute Gasteiger partial charge is 0.340 e. The lowest BCUT2D eigenvalue weighted by molar-refractivity contribution is -0.125. The second-order valence-corrected chi connectivity index (χ2v) is 6.96. The van der Waals surface area contributed by atoms with Crippen LogP contribution in [0.2, 0.25) is 0 Å². The van der Waals surface area contributed by atoms with Crippen LogP contribution >= 0.6 is 0 Å². The SMILES string of the molecule is Cn1cc(C(=O)OCC(=O)N[C@H]2CCCc3ccccc32)c2ccccc21. The zero-order chi connectivity index (χ0) is 18.8. The van der Waals surface area contributed by atoms with Crippen LogP contribution in [-0.4, -0.2) is 23.1 Å². The average molecular weight is 362 g/mol. The molecule has 0 saturated carbocycles. The molecule has 1 N–H and O–H groups in total. The molecule has 27 heavy (non-hydrogen) atoms. The lowest BCUT2D eigenvalue weighted by Crippen LogP contribution is -2.34. The van der Waals surface area contributed by atoms with Gasteiger partial charge in [-0.05, 0) is 36.5 Å². The molecule has 0 spiro atoms. The Hall–Kier alpha value is -3.08. The van der Waals surface area contributed by atoms with Crippen molar-refractivity contribution in [3.8, 4) is 0 Å². The fourth-order valence-electron chi connectivity index (χ4n) is 3.85. The zero-order valence-electron chi connectivity index (χ0n) is 15.3. The van der Waals surface area contributed by atoms with Crippen molar-refractivity contribution in [2.45, 2.75) is 25.3 Å². The van der Waals surface area contributed by atoms with Gasteiger partial charge >= 0.3 is 5.97 Å². The first-order valence-electron chi connectivity index (χ1n) is 9.22. The van der Waals surface area contributed by atoms with Crippen molar-refractivity contribution >= 4 is 22.8 Å². The van der Waals surface area contributed by atoms with Gasteiger partial charge in [-0.15, -0.1) is 0 Å². The predicted molar refractivity (Wildman–Crippen MR) is 103 cm³/mol. The Kier molecular flexibility index (Phi) is 4.67. The third-order valence-corrected chi connectivity index (χ3v) is 5.16. The summed E-state index contributed by atoms with van der Waals surface area (Å²) in [6.07, 6.45) is 4.72. The van der Waals surface area contributed by atoms with E-state index >= 15 is 0 Å².